The molecule has 1 aromatic carbocycles. The van der Waals surface area contributed by atoms with E-state index in [-0.39, 0.29) is 11.9 Å². The lowest BCUT2D eigenvalue weighted by atomic mass is 10.1. The predicted octanol–water partition coefficient (Wildman–Crippen LogP) is 1.75. The van der Waals surface area contributed by atoms with Crippen molar-refractivity contribution in [3.05, 3.63) is 35.9 Å². The molecule has 0 aliphatic carbocycles. The number of carbonyl (C=O) groups excluding carboxylic acids is 1. The van der Waals surface area contributed by atoms with Crippen molar-refractivity contribution in [3.63, 3.8) is 0 Å². The average molecular weight is 336 g/mol. The van der Waals surface area contributed by atoms with Crippen LogP contribution < -0.4 is 11.1 Å². The fourth-order valence-electron chi connectivity index (χ4n) is 2.97. The van der Waals surface area contributed by atoms with Gasteiger partial charge >= 0.3 is 0 Å². The van der Waals surface area contributed by atoms with Crippen LogP contribution in [-0.2, 0) is 11.2 Å². The van der Waals surface area contributed by atoms with Crippen molar-refractivity contribution in [1.82, 2.24) is 10.2 Å². The third kappa shape index (κ3) is 6.53. The number of likely N-dealkylation sites (tertiary alicyclic amines) is 1. The molecule has 1 amide bonds. The Kier molecular flexibility index (Phi) is 7.92. The summed E-state index contributed by atoms with van der Waals surface area (Å²) in [6, 6.07) is 10.3. The molecule has 1 heterocycles. The van der Waals surface area contributed by atoms with E-state index in [1.807, 2.05) is 6.26 Å². The first-order chi connectivity index (χ1) is 11.2. The second-order valence-corrected chi connectivity index (χ2v) is 7.31. The number of benzene rings is 1. The first-order valence-corrected chi connectivity index (χ1v) is 9.87. The van der Waals surface area contributed by atoms with E-state index in [4.69, 9.17) is 5.73 Å². The van der Waals surface area contributed by atoms with Crippen LogP contribution in [0.25, 0.3) is 0 Å². The van der Waals surface area contributed by atoms with Gasteiger partial charge in [0.2, 0.25) is 5.91 Å². The molecular formula is C18H29N3OS. The van der Waals surface area contributed by atoms with Gasteiger partial charge in [-0.05, 0) is 49.3 Å². The number of hydrogen-bond acceptors (Lipinski definition) is 4. The number of hydrogen-bond donors (Lipinski definition) is 2. The van der Waals surface area contributed by atoms with Gasteiger partial charge in [-0.15, -0.1) is 0 Å². The molecule has 0 bridgehead atoms. The molecular weight excluding hydrogens is 306 g/mol. The standard InChI is InChI=1S/C18H29N3OS/c1-23-12-9-17(19)18(22)20-13-16-8-11-21(14-16)10-7-15-5-3-2-4-6-15/h2-6,16-17H,7-14,19H2,1H3,(H,20,22)/t16?,17-/m0/s1. The van der Waals surface area contributed by atoms with Crippen molar-refractivity contribution in [3.8, 4) is 0 Å². The quantitative estimate of drug-likeness (QED) is 0.722. The zero-order valence-electron chi connectivity index (χ0n) is 14.0. The zero-order valence-corrected chi connectivity index (χ0v) is 14.9. The summed E-state index contributed by atoms with van der Waals surface area (Å²) in [6.45, 7) is 4.06. The van der Waals surface area contributed by atoms with Crippen LogP contribution in [0.3, 0.4) is 0 Å². The molecule has 2 rings (SSSR count). The molecule has 1 saturated heterocycles. The van der Waals surface area contributed by atoms with Gasteiger partial charge in [0.15, 0.2) is 0 Å². The summed E-state index contributed by atoms with van der Waals surface area (Å²) in [4.78, 5) is 14.4. The molecule has 0 radical (unpaired) electrons. The number of nitrogens with two attached hydrogens (primary N) is 1. The second kappa shape index (κ2) is 9.96. The van der Waals surface area contributed by atoms with Crippen LogP contribution in [0.1, 0.15) is 18.4 Å². The molecule has 0 aromatic heterocycles. The van der Waals surface area contributed by atoms with Crippen molar-refractivity contribution in [2.45, 2.75) is 25.3 Å². The molecule has 1 aliphatic heterocycles. The zero-order chi connectivity index (χ0) is 16.5. The van der Waals surface area contributed by atoms with Crippen LogP contribution in [0.15, 0.2) is 30.3 Å². The monoisotopic (exact) mass is 335 g/mol. The second-order valence-electron chi connectivity index (χ2n) is 6.32. The predicted molar refractivity (Wildman–Crippen MR) is 98.7 cm³/mol. The van der Waals surface area contributed by atoms with Gasteiger partial charge < -0.3 is 16.0 Å². The van der Waals surface area contributed by atoms with E-state index in [1.54, 1.807) is 11.8 Å². The molecule has 5 heteroatoms. The van der Waals surface area contributed by atoms with Gasteiger partial charge in [-0.2, -0.15) is 11.8 Å². The number of carbonyl (C=O) groups is 1. The van der Waals surface area contributed by atoms with E-state index >= 15 is 0 Å². The van der Waals surface area contributed by atoms with E-state index in [0.717, 1.165) is 51.2 Å². The molecule has 2 atom stereocenters. The largest absolute Gasteiger partial charge is 0.354 e. The van der Waals surface area contributed by atoms with Crippen molar-refractivity contribution < 1.29 is 4.79 Å². The molecule has 23 heavy (non-hydrogen) atoms. The van der Waals surface area contributed by atoms with Crippen LogP contribution in [-0.4, -0.2) is 55.0 Å². The summed E-state index contributed by atoms with van der Waals surface area (Å²) in [6.07, 6.45) is 5.04. The number of amides is 1. The molecule has 3 N–H and O–H groups in total. The minimum absolute atomic E-state index is 0.00165. The first kappa shape index (κ1) is 18.3. The molecule has 1 aliphatic rings. The van der Waals surface area contributed by atoms with E-state index in [0.29, 0.717) is 5.92 Å². The lowest BCUT2D eigenvalue weighted by Crippen LogP contribution is -2.43. The van der Waals surface area contributed by atoms with Gasteiger partial charge in [-0.25, -0.2) is 0 Å². The van der Waals surface area contributed by atoms with Crippen LogP contribution in [0.5, 0.6) is 0 Å². The van der Waals surface area contributed by atoms with Gasteiger partial charge in [0.1, 0.15) is 0 Å². The van der Waals surface area contributed by atoms with Crippen LogP contribution >= 0.6 is 11.8 Å². The van der Waals surface area contributed by atoms with Gasteiger partial charge in [0, 0.05) is 19.6 Å². The average Bonchev–Trinajstić information content (AvgIpc) is 3.04. The molecule has 0 spiro atoms. The van der Waals surface area contributed by atoms with Crippen molar-refractivity contribution in [2.75, 3.05) is 38.2 Å². The van der Waals surface area contributed by atoms with E-state index in [1.165, 1.54) is 5.56 Å². The Hall–Kier alpha value is -1.04. The Labute approximate surface area is 144 Å². The maximum atomic E-state index is 11.9. The highest BCUT2D eigenvalue weighted by atomic mass is 32.2. The Morgan fingerprint density at radius 3 is 2.96 bits per heavy atom. The lowest BCUT2D eigenvalue weighted by Gasteiger charge is -2.17. The van der Waals surface area contributed by atoms with Crippen molar-refractivity contribution >= 4 is 17.7 Å². The maximum absolute atomic E-state index is 11.9. The van der Waals surface area contributed by atoms with E-state index in [9.17, 15) is 4.79 Å². The Balaban J connectivity index is 1.62. The first-order valence-electron chi connectivity index (χ1n) is 8.47. The maximum Gasteiger partial charge on any atom is 0.236 e. The van der Waals surface area contributed by atoms with Crippen molar-refractivity contribution in [2.24, 2.45) is 11.7 Å². The molecule has 4 nitrogen and oxygen atoms in total. The molecule has 0 saturated carbocycles. The van der Waals surface area contributed by atoms with E-state index in [2.05, 4.69) is 40.5 Å². The summed E-state index contributed by atoms with van der Waals surface area (Å²) >= 11 is 1.73. The number of nitrogens with zero attached hydrogens (tertiary/aromatic N) is 1. The number of nitrogens with one attached hydrogen (secondary N) is 1. The summed E-state index contributed by atoms with van der Waals surface area (Å²) in [5.41, 5.74) is 7.28. The Bertz CT molecular complexity index is 469. The Morgan fingerprint density at radius 1 is 1.43 bits per heavy atom. The lowest BCUT2D eigenvalue weighted by molar-refractivity contribution is -0.122. The minimum atomic E-state index is -0.363. The highest BCUT2D eigenvalue weighted by molar-refractivity contribution is 7.98. The van der Waals surface area contributed by atoms with Crippen molar-refractivity contribution in [1.29, 1.82) is 0 Å². The fraction of sp³-hybridized carbons (Fsp3) is 0.611. The van der Waals surface area contributed by atoms with Gasteiger partial charge in [-0.1, -0.05) is 30.3 Å². The number of thioether (sulfide) groups is 1. The third-order valence-electron chi connectivity index (χ3n) is 4.46. The van der Waals surface area contributed by atoms with Crippen LogP contribution in [0, 0.1) is 5.92 Å². The SMILES string of the molecule is CSCC[C@H](N)C(=O)NCC1CCN(CCc2ccccc2)C1. The fourth-order valence-corrected chi connectivity index (χ4v) is 3.46. The molecule has 1 fully saturated rings. The summed E-state index contributed by atoms with van der Waals surface area (Å²) in [5, 5.41) is 3.03. The van der Waals surface area contributed by atoms with Crippen LogP contribution in [0.4, 0.5) is 0 Å². The Morgan fingerprint density at radius 2 is 2.22 bits per heavy atom. The highest BCUT2D eigenvalue weighted by Crippen LogP contribution is 2.16. The summed E-state index contributed by atoms with van der Waals surface area (Å²) in [5.74, 6) is 1.50. The topological polar surface area (TPSA) is 58.4 Å². The van der Waals surface area contributed by atoms with Crippen LogP contribution in [0.2, 0.25) is 0 Å². The van der Waals surface area contributed by atoms with E-state index < -0.39 is 0 Å². The molecule has 128 valence electrons. The molecule has 1 unspecified atom stereocenters. The van der Waals surface area contributed by atoms with Gasteiger partial charge in [0.05, 0.1) is 6.04 Å². The van der Waals surface area contributed by atoms with Gasteiger partial charge in [-0.3, -0.25) is 4.79 Å². The summed E-state index contributed by atoms with van der Waals surface area (Å²) in [7, 11) is 0. The molecule has 1 aromatic rings. The summed E-state index contributed by atoms with van der Waals surface area (Å²) < 4.78 is 0. The van der Waals surface area contributed by atoms with Gasteiger partial charge in [0.25, 0.3) is 0 Å². The minimum Gasteiger partial charge on any atom is -0.354 e. The highest BCUT2D eigenvalue weighted by Gasteiger charge is 2.23. The number of rotatable bonds is 9. The smallest absolute Gasteiger partial charge is 0.236 e. The third-order valence-corrected chi connectivity index (χ3v) is 5.11. The normalized spacial score (nSPS) is 19.7.